The molecule has 1 rings (SSSR count). The summed E-state index contributed by atoms with van der Waals surface area (Å²) in [6.45, 7) is 5.67. The summed E-state index contributed by atoms with van der Waals surface area (Å²) in [6.07, 6.45) is 2.90. The number of carbonyl (C=O) groups is 1. The molecule has 1 aromatic carbocycles. The molecule has 130 valence electrons. The fourth-order valence-corrected chi connectivity index (χ4v) is 3.65. The maximum Gasteiger partial charge on any atom is 0.244 e. The van der Waals surface area contributed by atoms with Crippen molar-refractivity contribution in [1.29, 1.82) is 0 Å². The first-order valence-electron chi connectivity index (χ1n) is 7.79. The number of rotatable bonds is 8. The van der Waals surface area contributed by atoms with E-state index in [1.807, 2.05) is 13.8 Å². The third-order valence-electron chi connectivity index (χ3n) is 3.74. The smallest absolute Gasteiger partial charge is 0.244 e. The average molecular weight is 344 g/mol. The lowest BCUT2D eigenvalue weighted by Gasteiger charge is -2.31. The van der Waals surface area contributed by atoms with Crippen molar-refractivity contribution in [3.8, 4) is 0 Å². The third kappa shape index (κ3) is 5.20. The van der Waals surface area contributed by atoms with Gasteiger partial charge in [0.1, 0.15) is 11.9 Å². The van der Waals surface area contributed by atoms with Gasteiger partial charge >= 0.3 is 0 Å². The molecular formula is C16H25FN2O3S. The lowest BCUT2D eigenvalue weighted by atomic mass is 10.1. The quantitative estimate of drug-likeness (QED) is 0.788. The summed E-state index contributed by atoms with van der Waals surface area (Å²) in [5.74, 6) is -0.798. The molecule has 0 spiro atoms. The predicted molar refractivity (Wildman–Crippen MR) is 90.3 cm³/mol. The molecule has 0 aliphatic carbocycles. The van der Waals surface area contributed by atoms with Gasteiger partial charge in [-0.3, -0.25) is 9.10 Å². The van der Waals surface area contributed by atoms with Gasteiger partial charge in [-0.15, -0.1) is 0 Å². The first-order chi connectivity index (χ1) is 10.7. The van der Waals surface area contributed by atoms with Gasteiger partial charge < -0.3 is 5.32 Å². The summed E-state index contributed by atoms with van der Waals surface area (Å²) in [7, 11) is -3.69. The topological polar surface area (TPSA) is 66.5 Å². The number of hydrogen-bond donors (Lipinski definition) is 1. The van der Waals surface area contributed by atoms with Crippen molar-refractivity contribution in [3.63, 3.8) is 0 Å². The van der Waals surface area contributed by atoms with Crippen molar-refractivity contribution in [2.45, 2.75) is 52.1 Å². The van der Waals surface area contributed by atoms with Crippen molar-refractivity contribution < 1.29 is 17.6 Å². The molecule has 1 aromatic rings. The van der Waals surface area contributed by atoms with Crippen molar-refractivity contribution in [3.05, 3.63) is 30.1 Å². The maximum atomic E-state index is 13.1. The number of nitrogens with zero attached hydrogens (tertiary/aromatic N) is 1. The summed E-state index contributed by atoms with van der Waals surface area (Å²) in [5.41, 5.74) is 0.278. The van der Waals surface area contributed by atoms with E-state index in [1.165, 1.54) is 24.3 Å². The zero-order valence-corrected chi connectivity index (χ0v) is 14.9. The van der Waals surface area contributed by atoms with Crippen LogP contribution in [0.15, 0.2) is 24.3 Å². The largest absolute Gasteiger partial charge is 0.352 e. The molecule has 1 atom stereocenters. The molecule has 0 fully saturated rings. The Hall–Kier alpha value is -1.63. The van der Waals surface area contributed by atoms with Gasteiger partial charge in [0.2, 0.25) is 15.9 Å². The van der Waals surface area contributed by atoms with E-state index in [4.69, 9.17) is 0 Å². The molecule has 23 heavy (non-hydrogen) atoms. The molecule has 1 amide bonds. The number of sulfonamides is 1. The average Bonchev–Trinajstić information content (AvgIpc) is 2.49. The van der Waals surface area contributed by atoms with Crippen molar-refractivity contribution in [2.24, 2.45) is 0 Å². The molecule has 0 aliphatic heterocycles. The van der Waals surface area contributed by atoms with Crippen LogP contribution in [0.5, 0.6) is 0 Å². The molecule has 7 heteroatoms. The highest BCUT2D eigenvalue weighted by atomic mass is 32.2. The fraction of sp³-hybridized carbons (Fsp3) is 0.562. The number of benzene rings is 1. The molecule has 0 saturated carbocycles. The SMILES string of the molecule is CCC(CC)NC(=O)C(CC)N(c1ccc(F)cc1)S(C)(=O)=O. The molecule has 0 saturated heterocycles. The van der Waals surface area contributed by atoms with E-state index in [9.17, 15) is 17.6 Å². The lowest BCUT2D eigenvalue weighted by molar-refractivity contribution is -0.123. The highest BCUT2D eigenvalue weighted by Gasteiger charge is 2.32. The summed E-state index contributed by atoms with van der Waals surface area (Å²) in [6, 6.07) is 4.23. The number of hydrogen-bond acceptors (Lipinski definition) is 3. The van der Waals surface area contributed by atoms with Gasteiger partial charge in [-0.05, 0) is 43.5 Å². The van der Waals surface area contributed by atoms with Crippen LogP contribution >= 0.6 is 0 Å². The van der Waals surface area contributed by atoms with E-state index >= 15 is 0 Å². The highest BCUT2D eigenvalue weighted by Crippen LogP contribution is 2.23. The van der Waals surface area contributed by atoms with Crippen LogP contribution < -0.4 is 9.62 Å². The minimum Gasteiger partial charge on any atom is -0.352 e. The number of amides is 1. The molecule has 0 bridgehead atoms. The van der Waals surface area contributed by atoms with Crippen LogP contribution in [0, 0.1) is 5.82 Å². The van der Waals surface area contributed by atoms with Gasteiger partial charge in [0.05, 0.1) is 11.9 Å². The van der Waals surface area contributed by atoms with E-state index in [0.717, 1.165) is 23.4 Å². The van der Waals surface area contributed by atoms with Gasteiger partial charge in [-0.25, -0.2) is 12.8 Å². The maximum absolute atomic E-state index is 13.1. The predicted octanol–water partition coefficient (Wildman–Crippen LogP) is 2.68. The van der Waals surface area contributed by atoms with Crippen molar-refractivity contribution in [1.82, 2.24) is 5.32 Å². The van der Waals surface area contributed by atoms with Crippen LogP contribution in [0.1, 0.15) is 40.0 Å². The number of halogens is 1. The van der Waals surface area contributed by atoms with Crippen LogP contribution in [-0.2, 0) is 14.8 Å². The Morgan fingerprint density at radius 1 is 1.13 bits per heavy atom. The number of nitrogens with one attached hydrogen (secondary N) is 1. The molecule has 0 heterocycles. The van der Waals surface area contributed by atoms with Crippen LogP contribution in [-0.4, -0.2) is 32.7 Å². The van der Waals surface area contributed by atoms with Crippen LogP contribution in [0.4, 0.5) is 10.1 Å². The minimum atomic E-state index is -3.69. The zero-order chi connectivity index (χ0) is 17.6. The zero-order valence-electron chi connectivity index (χ0n) is 14.0. The molecule has 1 unspecified atom stereocenters. The fourth-order valence-electron chi connectivity index (χ4n) is 2.44. The Bertz CT molecular complexity index is 613. The molecule has 0 aliphatic rings. The van der Waals surface area contributed by atoms with Gasteiger partial charge in [-0.2, -0.15) is 0 Å². The standard InChI is InChI=1S/C16H25FN2O3S/c1-5-13(6-2)18-16(20)15(7-3)19(23(4,21)22)14-10-8-12(17)9-11-14/h8-11,13,15H,5-7H2,1-4H3,(H,18,20). The molecular weight excluding hydrogens is 319 g/mol. The van der Waals surface area contributed by atoms with Gasteiger partial charge in [0.15, 0.2) is 0 Å². The summed E-state index contributed by atoms with van der Waals surface area (Å²) in [5, 5.41) is 2.88. The third-order valence-corrected chi connectivity index (χ3v) is 4.92. The summed E-state index contributed by atoms with van der Waals surface area (Å²) >= 11 is 0. The van der Waals surface area contributed by atoms with E-state index in [0.29, 0.717) is 6.42 Å². The first-order valence-corrected chi connectivity index (χ1v) is 9.64. The Kier molecular flexibility index (Phi) is 7.00. The Morgan fingerprint density at radius 3 is 2.04 bits per heavy atom. The minimum absolute atomic E-state index is 0.00572. The van der Waals surface area contributed by atoms with E-state index in [2.05, 4.69) is 5.32 Å². The number of anilines is 1. The van der Waals surface area contributed by atoms with Gasteiger partial charge in [0.25, 0.3) is 0 Å². The van der Waals surface area contributed by atoms with Crippen molar-refractivity contribution >= 4 is 21.6 Å². The summed E-state index contributed by atoms with van der Waals surface area (Å²) < 4.78 is 38.6. The molecule has 5 nitrogen and oxygen atoms in total. The Labute approximate surface area is 137 Å². The van der Waals surface area contributed by atoms with E-state index in [1.54, 1.807) is 6.92 Å². The highest BCUT2D eigenvalue weighted by molar-refractivity contribution is 7.92. The second kappa shape index (κ2) is 8.29. The van der Waals surface area contributed by atoms with E-state index in [-0.39, 0.29) is 17.6 Å². The second-order valence-corrected chi connectivity index (χ2v) is 7.34. The van der Waals surface area contributed by atoms with Crippen molar-refractivity contribution in [2.75, 3.05) is 10.6 Å². The van der Waals surface area contributed by atoms with Gasteiger partial charge in [0, 0.05) is 6.04 Å². The monoisotopic (exact) mass is 344 g/mol. The van der Waals surface area contributed by atoms with Crippen LogP contribution in [0.2, 0.25) is 0 Å². The second-order valence-electron chi connectivity index (χ2n) is 5.48. The normalized spacial score (nSPS) is 13.0. The molecule has 0 radical (unpaired) electrons. The van der Waals surface area contributed by atoms with E-state index < -0.39 is 21.9 Å². The Morgan fingerprint density at radius 2 is 1.65 bits per heavy atom. The molecule has 0 aromatic heterocycles. The van der Waals surface area contributed by atoms with Crippen LogP contribution in [0.25, 0.3) is 0 Å². The lowest BCUT2D eigenvalue weighted by Crippen LogP contribution is -2.51. The van der Waals surface area contributed by atoms with Crippen LogP contribution in [0.3, 0.4) is 0 Å². The number of carbonyl (C=O) groups excluding carboxylic acids is 1. The van der Waals surface area contributed by atoms with Gasteiger partial charge in [-0.1, -0.05) is 20.8 Å². The molecule has 1 N–H and O–H groups in total. The Balaban J connectivity index is 3.18. The summed E-state index contributed by atoms with van der Waals surface area (Å²) in [4.78, 5) is 12.5. The first kappa shape index (κ1) is 19.4.